The van der Waals surface area contributed by atoms with Crippen molar-refractivity contribution in [2.24, 2.45) is 5.92 Å². The third-order valence-corrected chi connectivity index (χ3v) is 4.80. The minimum absolute atomic E-state index is 0.0655. The largest absolute Gasteiger partial charge is 0.466 e. The molecule has 0 aromatic heterocycles. The molecule has 1 fully saturated rings. The summed E-state index contributed by atoms with van der Waals surface area (Å²) in [4.78, 5) is 27.4. The van der Waals surface area contributed by atoms with Crippen LogP contribution in [0.15, 0.2) is 23.1 Å². The highest BCUT2D eigenvalue weighted by atomic mass is 32.2. The zero-order chi connectivity index (χ0) is 16.1. The molecule has 1 amide bonds. The van der Waals surface area contributed by atoms with E-state index in [0.29, 0.717) is 32.5 Å². The molecule has 0 unspecified atom stereocenters. The Morgan fingerprint density at radius 3 is 2.59 bits per heavy atom. The summed E-state index contributed by atoms with van der Waals surface area (Å²) in [7, 11) is 0. The number of rotatable bonds is 4. The quantitative estimate of drug-likeness (QED) is 0.631. The van der Waals surface area contributed by atoms with Gasteiger partial charge in [-0.3, -0.25) is 9.59 Å². The van der Waals surface area contributed by atoms with Crippen molar-refractivity contribution >= 4 is 23.6 Å². The summed E-state index contributed by atoms with van der Waals surface area (Å²) in [6.07, 6.45) is 3.38. The zero-order valence-electron chi connectivity index (χ0n) is 13.4. The average molecular weight is 321 g/mol. The standard InChI is InChI=1S/C17H23NO3S/c1-4-21-17(20)13-7-9-18(10-8-13)16(19)15-11-14(22-3)6-5-12(15)2/h5-6,11,13H,4,7-10H2,1-3H3. The van der Waals surface area contributed by atoms with E-state index in [0.717, 1.165) is 16.0 Å². The van der Waals surface area contributed by atoms with Crippen LogP contribution in [0.5, 0.6) is 0 Å². The van der Waals surface area contributed by atoms with Crippen LogP contribution in [-0.4, -0.2) is 42.7 Å². The van der Waals surface area contributed by atoms with Gasteiger partial charge in [-0.05, 0) is 50.6 Å². The zero-order valence-corrected chi connectivity index (χ0v) is 14.2. The Balaban J connectivity index is 2.02. The lowest BCUT2D eigenvalue weighted by Gasteiger charge is -2.31. The van der Waals surface area contributed by atoms with Gasteiger partial charge in [-0.15, -0.1) is 11.8 Å². The molecule has 0 atom stereocenters. The number of ether oxygens (including phenoxy) is 1. The number of carbonyl (C=O) groups excluding carboxylic acids is 2. The first-order chi connectivity index (χ1) is 10.6. The molecule has 1 aromatic rings. The molecule has 1 saturated heterocycles. The van der Waals surface area contributed by atoms with E-state index in [-0.39, 0.29) is 17.8 Å². The van der Waals surface area contributed by atoms with Crippen LogP contribution >= 0.6 is 11.8 Å². The molecular formula is C17H23NO3S. The second-order valence-corrected chi connectivity index (χ2v) is 6.38. The minimum atomic E-state index is -0.129. The number of esters is 1. The fourth-order valence-corrected chi connectivity index (χ4v) is 3.15. The minimum Gasteiger partial charge on any atom is -0.466 e. The number of benzene rings is 1. The summed E-state index contributed by atoms with van der Waals surface area (Å²) < 4.78 is 5.07. The molecule has 4 nitrogen and oxygen atoms in total. The van der Waals surface area contributed by atoms with Gasteiger partial charge in [-0.2, -0.15) is 0 Å². The Morgan fingerprint density at radius 2 is 2.00 bits per heavy atom. The maximum absolute atomic E-state index is 12.7. The van der Waals surface area contributed by atoms with E-state index in [2.05, 4.69) is 0 Å². The van der Waals surface area contributed by atoms with Gasteiger partial charge in [-0.1, -0.05) is 6.07 Å². The van der Waals surface area contributed by atoms with E-state index in [4.69, 9.17) is 4.74 Å². The third kappa shape index (κ3) is 3.83. The first-order valence-corrected chi connectivity index (χ1v) is 8.89. The van der Waals surface area contributed by atoms with E-state index in [1.807, 2.05) is 43.2 Å². The van der Waals surface area contributed by atoms with Crippen LogP contribution in [0, 0.1) is 12.8 Å². The number of carbonyl (C=O) groups is 2. The van der Waals surface area contributed by atoms with Gasteiger partial charge in [0, 0.05) is 23.5 Å². The van der Waals surface area contributed by atoms with E-state index >= 15 is 0 Å². The van der Waals surface area contributed by atoms with Gasteiger partial charge in [0.15, 0.2) is 0 Å². The molecule has 0 saturated carbocycles. The molecule has 2 rings (SSSR count). The van der Waals surface area contributed by atoms with Crippen molar-refractivity contribution in [2.75, 3.05) is 26.0 Å². The molecule has 1 heterocycles. The molecular weight excluding hydrogens is 298 g/mol. The summed E-state index contributed by atoms with van der Waals surface area (Å²) in [6, 6.07) is 5.98. The number of aryl methyl sites for hydroxylation is 1. The second-order valence-electron chi connectivity index (χ2n) is 5.50. The van der Waals surface area contributed by atoms with Crippen LogP contribution in [0.25, 0.3) is 0 Å². The predicted octanol–water partition coefficient (Wildman–Crippen LogP) is 3.13. The topological polar surface area (TPSA) is 46.6 Å². The Hall–Kier alpha value is -1.49. The van der Waals surface area contributed by atoms with E-state index in [1.165, 1.54) is 0 Å². The second kappa shape index (κ2) is 7.68. The molecule has 5 heteroatoms. The van der Waals surface area contributed by atoms with Crippen molar-refractivity contribution in [3.05, 3.63) is 29.3 Å². The molecule has 0 aliphatic carbocycles. The SMILES string of the molecule is CCOC(=O)C1CCN(C(=O)c2cc(SC)ccc2C)CC1. The summed E-state index contributed by atoms with van der Waals surface area (Å²) in [5.74, 6) is -0.131. The Kier molecular flexibility index (Phi) is 5.89. The number of hydrogen-bond acceptors (Lipinski definition) is 4. The van der Waals surface area contributed by atoms with Gasteiger partial charge in [0.2, 0.25) is 0 Å². The van der Waals surface area contributed by atoms with Crippen molar-refractivity contribution in [3.63, 3.8) is 0 Å². The maximum atomic E-state index is 12.7. The lowest BCUT2D eigenvalue weighted by Crippen LogP contribution is -2.40. The van der Waals surface area contributed by atoms with Crippen molar-refractivity contribution < 1.29 is 14.3 Å². The molecule has 1 aliphatic rings. The summed E-state index contributed by atoms with van der Waals surface area (Å²) in [5.41, 5.74) is 1.76. The molecule has 0 spiro atoms. The maximum Gasteiger partial charge on any atom is 0.309 e. The van der Waals surface area contributed by atoms with Crippen LogP contribution in [0.1, 0.15) is 35.7 Å². The number of likely N-dealkylation sites (tertiary alicyclic amines) is 1. The molecule has 1 aromatic carbocycles. The number of piperidine rings is 1. The fraction of sp³-hybridized carbons (Fsp3) is 0.529. The smallest absolute Gasteiger partial charge is 0.309 e. The summed E-state index contributed by atoms with van der Waals surface area (Å²) in [5, 5.41) is 0. The van der Waals surface area contributed by atoms with Gasteiger partial charge < -0.3 is 9.64 Å². The molecule has 1 aliphatic heterocycles. The van der Waals surface area contributed by atoms with Gasteiger partial charge in [0.25, 0.3) is 5.91 Å². The van der Waals surface area contributed by atoms with Crippen LogP contribution in [0.3, 0.4) is 0 Å². The van der Waals surface area contributed by atoms with Crippen LogP contribution in [0.4, 0.5) is 0 Å². The van der Waals surface area contributed by atoms with Crippen molar-refractivity contribution in [2.45, 2.75) is 31.6 Å². The third-order valence-electron chi connectivity index (χ3n) is 4.08. The number of nitrogens with zero attached hydrogens (tertiary/aromatic N) is 1. The molecule has 22 heavy (non-hydrogen) atoms. The van der Waals surface area contributed by atoms with Crippen LogP contribution in [-0.2, 0) is 9.53 Å². The average Bonchev–Trinajstić information content (AvgIpc) is 2.55. The highest BCUT2D eigenvalue weighted by Crippen LogP contribution is 2.24. The number of amides is 1. The lowest BCUT2D eigenvalue weighted by atomic mass is 9.96. The summed E-state index contributed by atoms with van der Waals surface area (Å²) in [6.45, 7) is 5.43. The molecule has 0 bridgehead atoms. The Bertz CT molecular complexity index is 551. The normalized spacial score (nSPS) is 15.7. The highest BCUT2D eigenvalue weighted by molar-refractivity contribution is 7.98. The van der Waals surface area contributed by atoms with E-state index in [9.17, 15) is 9.59 Å². The number of thioether (sulfide) groups is 1. The van der Waals surface area contributed by atoms with Gasteiger partial charge in [-0.25, -0.2) is 0 Å². The van der Waals surface area contributed by atoms with Crippen molar-refractivity contribution in [1.29, 1.82) is 0 Å². The van der Waals surface area contributed by atoms with Crippen molar-refractivity contribution in [3.8, 4) is 0 Å². The van der Waals surface area contributed by atoms with Crippen molar-refractivity contribution in [1.82, 2.24) is 4.90 Å². The van der Waals surface area contributed by atoms with Crippen LogP contribution < -0.4 is 0 Å². The van der Waals surface area contributed by atoms with Crippen LogP contribution in [0.2, 0.25) is 0 Å². The Morgan fingerprint density at radius 1 is 1.32 bits per heavy atom. The van der Waals surface area contributed by atoms with Gasteiger partial charge in [0.05, 0.1) is 12.5 Å². The number of hydrogen-bond donors (Lipinski definition) is 0. The molecule has 0 N–H and O–H groups in total. The lowest BCUT2D eigenvalue weighted by molar-refractivity contribution is -0.149. The van der Waals surface area contributed by atoms with Gasteiger partial charge in [0.1, 0.15) is 0 Å². The highest BCUT2D eigenvalue weighted by Gasteiger charge is 2.29. The van der Waals surface area contributed by atoms with Gasteiger partial charge >= 0.3 is 5.97 Å². The predicted molar refractivity (Wildman–Crippen MR) is 88.2 cm³/mol. The first-order valence-electron chi connectivity index (χ1n) is 7.67. The fourth-order valence-electron chi connectivity index (χ4n) is 2.71. The van der Waals surface area contributed by atoms with E-state index in [1.54, 1.807) is 11.8 Å². The first kappa shape index (κ1) is 16.9. The molecule has 0 radical (unpaired) electrons. The molecule has 120 valence electrons. The Labute approximate surface area is 136 Å². The monoisotopic (exact) mass is 321 g/mol. The summed E-state index contributed by atoms with van der Waals surface area (Å²) >= 11 is 1.63. The van der Waals surface area contributed by atoms with E-state index < -0.39 is 0 Å².